The van der Waals surface area contributed by atoms with Crippen LogP contribution in [0, 0.1) is 0 Å². The second-order valence-electron chi connectivity index (χ2n) is 7.30. The molecule has 3 rings (SSSR count). The first kappa shape index (κ1) is 21.4. The van der Waals surface area contributed by atoms with Crippen molar-refractivity contribution in [3.8, 4) is 5.75 Å². The van der Waals surface area contributed by atoms with E-state index in [1.54, 1.807) is 4.90 Å². The summed E-state index contributed by atoms with van der Waals surface area (Å²) in [5.41, 5.74) is 0. The monoisotopic (exact) mass is 429 g/mol. The molecular formula is C19H28ClN3O4S. The number of benzene rings is 1. The highest BCUT2D eigenvalue weighted by Gasteiger charge is 2.24. The van der Waals surface area contributed by atoms with Gasteiger partial charge >= 0.3 is 0 Å². The third kappa shape index (κ3) is 5.37. The Kier molecular flexibility index (Phi) is 7.20. The number of hydrogen-bond acceptors (Lipinski definition) is 5. The Labute approximate surface area is 172 Å². The molecule has 1 aromatic rings. The second-order valence-corrected chi connectivity index (χ2v) is 9.42. The fourth-order valence-corrected chi connectivity index (χ4v) is 5.27. The largest absolute Gasteiger partial charge is 0.482 e. The Balaban J connectivity index is 1.56. The highest BCUT2D eigenvalue weighted by atomic mass is 35.5. The first-order chi connectivity index (χ1) is 13.4. The van der Waals surface area contributed by atoms with Crippen LogP contribution < -0.4 is 9.46 Å². The van der Waals surface area contributed by atoms with Crippen molar-refractivity contribution in [1.82, 2.24) is 14.5 Å². The van der Waals surface area contributed by atoms with Crippen LogP contribution in [0.5, 0.6) is 5.75 Å². The van der Waals surface area contributed by atoms with Crippen LogP contribution in [-0.2, 0) is 14.8 Å². The number of nitrogens with zero attached hydrogens (tertiary/aromatic N) is 2. The minimum absolute atomic E-state index is 0.00880. The van der Waals surface area contributed by atoms with Crippen LogP contribution in [0.2, 0.25) is 5.02 Å². The smallest absolute Gasteiger partial charge is 0.260 e. The van der Waals surface area contributed by atoms with Crippen LogP contribution in [0.3, 0.4) is 0 Å². The lowest BCUT2D eigenvalue weighted by Gasteiger charge is -2.33. The van der Waals surface area contributed by atoms with Gasteiger partial charge in [-0.15, -0.1) is 0 Å². The van der Waals surface area contributed by atoms with Crippen LogP contribution in [-0.4, -0.2) is 69.5 Å². The molecule has 0 spiro atoms. The maximum Gasteiger partial charge on any atom is 0.260 e. The summed E-state index contributed by atoms with van der Waals surface area (Å²) in [6.07, 6.45) is 3.82. The van der Waals surface area contributed by atoms with Crippen molar-refractivity contribution in [1.29, 1.82) is 0 Å². The summed E-state index contributed by atoms with van der Waals surface area (Å²) in [6, 6.07) is 4.33. The predicted octanol–water partition coefficient (Wildman–Crippen LogP) is 2.10. The van der Waals surface area contributed by atoms with E-state index in [-0.39, 0.29) is 28.5 Å². The Bertz CT molecular complexity index is 788. The Morgan fingerprint density at radius 1 is 1.21 bits per heavy atom. The molecule has 2 aliphatic rings. The van der Waals surface area contributed by atoms with E-state index in [9.17, 15) is 13.2 Å². The summed E-state index contributed by atoms with van der Waals surface area (Å²) in [4.78, 5) is 16.5. The molecule has 0 unspecified atom stereocenters. The molecule has 1 saturated heterocycles. The number of rotatable bonds is 7. The Morgan fingerprint density at radius 2 is 1.89 bits per heavy atom. The van der Waals surface area contributed by atoms with Crippen molar-refractivity contribution in [2.24, 2.45) is 0 Å². The van der Waals surface area contributed by atoms with Crippen LogP contribution in [0.25, 0.3) is 0 Å². The molecule has 1 saturated carbocycles. The van der Waals surface area contributed by atoms with E-state index in [0.29, 0.717) is 18.8 Å². The van der Waals surface area contributed by atoms with Gasteiger partial charge < -0.3 is 14.5 Å². The lowest BCUT2D eigenvalue weighted by molar-refractivity contribution is -0.135. The average molecular weight is 430 g/mol. The standard InChI is InChI=1S/C19H28ClN3O4S/c1-2-22-9-11-23(12-10-22)19(24)14-27-18-8-7-16(13-17(18)20)28(25,26)21-15-5-3-4-6-15/h7-8,13,15,21H,2-6,9-12,14H2,1H3. The summed E-state index contributed by atoms with van der Waals surface area (Å²) in [5, 5.41) is 0.179. The molecule has 1 amide bonds. The molecule has 0 atom stereocenters. The maximum absolute atomic E-state index is 12.5. The zero-order chi connectivity index (χ0) is 20.1. The van der Waals surface area contributed by atoms with Gasteiger partial charge in [-0.3, -0.25) is 4.79 Å². The predicted molar refractivity (Wildman–Crippen MR) is 108 cm³/mol. The molecule has 0 radical (unpaired) electrons. The number of carbonyl (C=O) groups is 1. The number of sulfonamides is 1. The number of ether oxygens (including phenoxy) is 1. The second kappa shape index (κ2) is 9.43. The summed E-state index contributed by atoms with van der Waals surface area (Å²) in [6.45, 7) is 6.08. The lowest BCUT2D eigenvalue weighted by Crippen LogP contribution is -2.49. The molecule has 1 aliphatic heterocycles. The van der Waals surface area contributed by atoms with Crippen molar-refractivity contribution in [2.75, 3.05) is 39.3 Å². The molecule has 0 aromatic heterocycles. The van der Waals surface area contributed by atoms with Crippen LogP contribution in [0.4, 0.5) is 0 Å². The minimum atomic E-state index is -3.61. The third-order valence-electron chi connectivity index (χ3n) is 5.41. The van der Waals surface area contributed by atoms with Crippen molar-refractivity contribution >= 4 is 27.5 Å². The number of amides is 1. The van der Waals surface area contributed by atoms with E-state index in [1.165, 1.54) is 18.2 Å². The number of carbonyl (C=O) groups excluding carboxylic acids is 1. The van der Waals surface area contributed by atoms with Gasteiger partial charge in [0.05, 0.1) is 9.92 Å². The van der Waals surface area contributed by atoms with E-state index in [2.05, 4.69) is 16.5 Å². The summed E-state index contributed by atoms with van der Waals surface area (Å²) >= 11 is 6.21. The van der Waals surface area contributed by atoms with Crippen molar-refractivity contribution in [2.45, 2.75) is 43.5 Å². The SMILES string of the molecule is CCN1CCN(C(=O)COc2ccc(S(=O)(=O)NC3CCCC3)cc2Cl)CC1. The molecule has 2 fully saturated rings. The van der Waals surface area contributed by atoms with Crippen LogP contribution >= 0.6 is 11.6 Å². The summed E-state index contributed by atoms with van der Waals surface area (Å²) < 4.78 is 33.3. The normalized spacial score (nSPS) is 19.1. The van der Waals surface area contributed by atoms with Crippen molar-refractivity contribution in [3.63, 3.8) is 0 Å². The van der Waals surface area contributed by atoms with E-state index in [1.807, 2.05) is 0 Å². The molecule has 1 aromatic carbocycles. The number of hydrogen-bond donors (Lipinski definition) is 1. The molecule has 7 nitrogen and oxygen atoms in total. The first-order valence-electron chi connectivity index (χ1n) is 9.84. The number of likely N-dealkylation sites (N-methyl/N-ethyl adjacent to an activating group) is 1. The number of piperazine rings is 1. The summed E-state index contributed by atoms with van der Waals surface area (Å²) in [5.74, 6) is 0.216. The third-order valence-corrected chi connectivity index (χ3v) is 7.23. The highest BCUT2D eigenvalue weighted by Crippen LogP contribution is 2.28. The molecule has 9 heteroatoms. The zero-order valence-corrected chi connectivity index (χ0v) is 17.8. The van der Waals surface area contributed by atoms with E-state index < -0.39 is 10.0 Å². The van der Waals surface area contributed by atoms with Gasteiger partial charge in [-0.2, -0.15) is 0 Å². The quantitative estimate of drug-likeness (QED) is 0.718. The van der Waals surface area contributed by atoms with Crippen molar-refractivity contribution < 1.29 is 17.9 Å². The average Bonchev–Trinajstić information content (AvgIpc) is 3.19. The van der Waals surface area contributed by atoms with Gasteiger partial charge in [0.25, 0.3) is 5.91 Å². The Morgan fingerprint density at radius 3 is 2.50 bits per heavy atom. The van der Waals surface area contributed by atoms with E-state index in [4.69, 9.17) is 16.3 Å². The molecular weight excluding hydrogens is 402 g/mol. The highest BCUT2D eigenvalue weighted by molar-refractivity contribution is 7.89. The molecule has 156 valence electrons. The Hall–Kier alpha value is -1.35. The van der Waals surface area contributed by atoms with Gasteiger partial charge in [0.1, 0.15) is 5.75 Å². The molecule has 1 N–H and O–H groups in total. The van der Waals surface area contributed by atoms with Crippen molar-refractivity contribution in [3.05, 3.63) is 23.2 Å². The van der Waals surface area contributed by atoms with Gasteiger partial charge in [-0.25, -0.2) is 13.1 Å². The van der Waals surface area contributed by atoms with E-state index in [0.717, 1.165) is 45.3 Å². The fourth-order valence-electron chi connectivity index (χ4n) is 3.64. The van der Waals surface area contributed by atoms with Crippen LogP contribution in [0.1, 0.15) is 32.6 Å². The first-order valence-corrected chi connectivity index (χ1v) is 11.7. The zero-order valence-electron chi connectivity index (χ0n) is 16.2. The maximum atomic E-state index is 12.5. The molecule has 1 heterocycles. The van der Waals surface area contributed by atoms with Gasteiger partial charge in [-0.1, -0.05) is 31.4 Å². The topological polar surface area (TPSA) is 79.0 Å². The van der Waals surface area contributed by atoms with Crippen LogP contribution in [0.15, 0.2) is 23.1 Å². The van der Waals surface area contributed by atoms with Gasteiger partial charge in [0.15, 0.2) is 6.61 Å². The van der Waals surface area contributed by atoms with Gasteiger partial charge in [-0.05, 0) is 37.6 Å². The van der Waals surface area contributed by atoms with Gasteiger partial charge in [0.2, 0.25) is 10.0 Å². The lowest BCUT2D eigenvalue weighted by atomic mass is 10.3. The van der Waals surface area contributed by atoms with E-state index >= 15 is 0 Å². The fraction of sp³-hybridized carbons (Fsp3) is 0.632. The minimum Gasteiger partial charge on any atom is -0.482 e. The number of halogens is 1. The molecule has 1 aliphatic carbocycles. The molecule has 0 bridgehead atoms. The number of nitrogens with one attached hydrogen (secondary N) is 1. The summed E-state index contributed by atoms with van der Waals surface area (Å²) in [7, 11) is -3.61. The van der Waals surface area contributed by atoms with Gasteiger partial charge in [0, 0.05) is 32.2 Å². The molecule has 28 heavy (non-hydrogen) atoms.